The first-order valence-electron chi connectivity index (χ1n) is 9.69. The van der Waals surface area contributed by atoms with Gasteiger partial charge in [0.15, 0.2) is 11.5 Å². The lowest BCUT2D eigenvalue weighted by molar-refractivity contribution is -0.0993. The van der Waals surface area contributed by atoms with Gasteiger partial charge in [-0.05, 0) is 56.8 Å². The Morgan fingerprint density at radius 3 is 3.18 bits per heavy atom. The number of rotatable bonds is 1. The Balaban J connectivity index is 1.73. The van der Waals surface area contributed by atoms with Gasteiger partial charge < -0.3 is 19.5 Å². The number of likely N-dealkylation sites (N-methyl/N-ethyl adjacent to an activating group) is 1. The molecule has 2 heterocycles. The highest BCUT2D eigenvalue weighted by molar-refractivity contribution is 5.61. The number of aliphatic hydroxyl groups is 1. The number of likely N-dealkylation sites (tertiary alicyclic amines) is 1. The summed E-state index contributed by atoms with van der Waals surface area (Å²) in [6.45, 7) is -1.57. The van der Waals surface area contributed by atoms with Gasteiger partial charge in [0.05, 0.1) is 13.2 Å². The summed E-state index contributed by atoms with van der Waals surface area (Å²) in [5, 5.41) is 10.7. The Morgan fingerprint density at radius 2 is 2.36 bits per heavy atom. The molecule has 22 heavy (non-hydrogen) atoms. The normalized spacial score (nSPS) is 44.4. The van der Waals surface area contributed by atoms with Crippen molar-refractivity contribution in [2.24, 2.45) is 5.92 Å². The van der Waals surface area contributed by atoms with E-state index >= 15 is 0 Å². The molecule has 0 radical (unpaired) electrons. The van der Waals surface area contributed by atoms with Crippen LogP contribution < -0.4 is 9.47 Å². The van der Waals surface area contributed by atoms with Gasteiger partial charge in [0, 0.05) is 21.1 Å². The number of piperidine rings is 1. The monoisotopic (exact) mass is 304 g/mol. The first-order valence-corrected chi connectivity index (χ1v) is 8.19. The van der Waals surface area contributed by atoms with E-state index in [0.29, 0.717) is 25.1 Å². The smallest absolute Gasteiger partial charge is 0.165 e. The van der Waals surface area contributed by atoms with Crippen LogP contribution in [0.15, 0.2) is 12.1 Å². The lowest BCUT2D eigenvalue weighted by Crippen LogP contribution is -2.66. The van der Waals surface area contributed by atoms with Gasteiger partial charge in [-0.1, -0.05) is 6.07 Å². The Bertz CT molecular complexity index is 737. The van der Waals surface area contributed by atoms with E-state index in [1.165, 1.54) is 5.56 Å². The summed E-state index contributed by atoms with van der Waals surface area (Å²) < 4.78 is 35.7. The van der Waals surface area contributed by atoms with E-state index < -0.39 is 13.1 Å². The molecular formula is C18H23NO3. The van der Waals surface area contributed by atoms with Crippen molar-refractivity contribution in [3.63, 3.8) is 0 Å². The predicted molar refractivity (Wildman–Crippen MR) is 82.6 cm³/mol. The molecule has 2 aliphatic heterocycles. The van der Waals surface area contributed by atoms with Crippen molar-refractivity contribution < 1.29 is 18.7 Å². The van der Waals surface area contributed by atoms with E-state index in [0.717, 1.165) is 24.2 Å². The van der Waals surface area contributed by atoms with Crippen LogP contribution in [0.1, 0.15) is 34.5 Å². The molecule has 2 fully saturated rings. The second-order valence-corrected chi connectivity index (χ2v) is 7.18. The standard InChI is InChI=1S/C18H23NO3/c1-19-8-7-18-11-4-5-13(20)17(18)22-16-14(21-2)6-3-10(15(16)18)9-12(11)19/h3,6,11-13,17,20H,4-5,7-9H2,1-2H3/t11?,12-,13+,17+,18+/m1/s1/i1D3. The number of nitrogens with zero attached hydrogens (tertiary/aromatic N) is 1. The minimum absolute atomic E-state index is 0.0216. The van der Waals surface area contributed by atoms with Crippen molar-refractivity contribution in [1.29, 1.82) is 0 Å². The number of hydrogen-bond acceptors (Lipinski definition) is 4. The van der Waals surface area contributed by atoms with Gasteiger partial charge in [-0.25, -0.2) is 0 Å². The fourth-order valence-corrected chi connectivity index (χ4v) is 5.67. The topological polar surface area (TPSA) is 41.9 Å². The molecule has 0 amide bonds. The van der Waals surface area contributed by atoms with Gasteiger partial charge in [-0.3, -0.25) is 0 Å². The molecule has 2 bridgehead atoms. The van der Waals surface area contributed by atoms with E-state index in [1.54, 1.807) is 12.0 Å². The third kappa shape index (κ3) is 1.32. The molecule has 1 saturated carbocycles. The molecule has 4 nitrogen and oxygen atoms in total. The maximum absolute atomic E-state index is 10.7. The molecule has 1 unspecified atom stereocenters. The number of hydrogen-bond donors (Lipinski definition) is 1. The van der Waals surface area contributed by atoms with Crippen molar-refractivity contribution in [2.45, 2.75) is 49.3 Å². The SMILES string of the molecule is [2H]C([2H])([2H])N1CC[C@]23c4c5ccc(OC)c4O[C@H]2[C@@H](O)CCC3[C@H]1C5. The van der Waals surface area contributed by atoms with E-state index in [4.69, 9.17) is 13.6 Å². The van der Waals surface area contributed by atoms with Crippen molar-refractivity contribution in [3.05, 3.63) is 23.3 Å². The fourth-order valence-electron chi connectivity index (χ4n) is 5.67. The summed E-state index contributed by atoms with van der Waals surface area (Å²) in [5.41, 5.74) is 2.06. The van der Waals surface area contributed by atoms with Crippen molar-refractivity contribution in [3.8, 4) is 11.5 Å². The predicted octanol–water partition coefficient (Wildman–Crippen LogP) is 1.73. The van der Waals surface area contributed by atoms with Crippen LogP contribution in [-0.2, 0) is 11.8 Å². The maximum Gasteiger partial charge on any atom is 0.165 e. The number of methoxy groups -OCH3 is 1. The maximum atomic E-state index is 10.7. The summed E-state index contributed by atoms with van der Waals surface area (Å²) >= 11 is 0. The van der Waals surface area contributed by atoms with Crippen molar-refractivity contribution in [2.75, 3.05) is 20.6 Å². The summed E-state index contributed by atoms with van der Waals surface area (Å²) in [5.74, 6) is 1.69. The molecule has 1 aromatic carbocycles. The second kappa shape index (κ2) is 4.18. The highest BCUT2D eigenvalue weighted by Crippen LogP contribution is 2.63. The molecule has 4 aliphatic rings. The van der Waals surface area contributed by atoms with Crippen LogP contribution in [0.4, 0.5) is 0 Å². The largest absolute Gasteiger partial charge is 0.493 e. The number of benzene rings is 1. The van der Waals surface area contributed by atoms with Gasteiger partial charge in [-0.15, -0.1) is 0 Å². The summed E-state index contributed by atoms with van der Waals surface area (Å²) in [4.78, 5) is 1.71. The van der Waals surface area contributed by atoms with Crippen LogP contribution >= 0.6 is 0 Å². The van der Waals surface area contributed by atoms with E-state index in [2.05, 4.69) is 6.07 Å². The van der Waals surface area contributed by atoms with Crippen LogP contribution in [0.3, 0.4) is 0 Å². The molecule has 5 rings (SSSR count). The molecule has 1 spiro atoms. The molecule has 5 atom stereocenters. The molecule has 118 valence electrons. The molecule has 1 aromatic rings. The van der Waals surface area contributed by atoms with Gasteiger partial charge in [0.1, 0.15) is 6.10 Å². The molecule has 0 aromatic heterocycles. The average Bonchev–Trinajstić information content (AvgIpc) is 2.89. The second-order valence-electron chi connectivity index (χ2n) is 7.18. The Hall–Kier alpha value is -1.26. The zero-order valence-corrected chi connectivity index (χ0v) is 12.7. The van der Waals surface area contributed by atoms with Gasteiger partial charge >= 0.3 is 0 Å². The van der Waals surface area contributed by atoms with Crippen LogP contribution in [0, 0.1) is 5.92 Å². The number of ether oxygens (including phenoxy) is 2. The first kappa shape index (κ1) is 10.5. The molecular weight excluding hydrogens is 278 g/mol. The summed E-state index contributed by atoms with van der Waals surface area (Å²) in [6.07, 6.45) is 2.13. The summed E-state index contributed by atoms with van der Waals surface area (Å²) in [7, 11) is 1.64. The first-order chi connectivity index (χ1) is 11.9. The molecule has 1 saturated heterocycles. The Kier molecular flexibility index (Phi) is 1.99. The van der Waals surface area contributed by atoms with E-state index in [9.17, 15) is 5.11 Å². The summed E-state index contributed by atoms with van der Waals surface area (Å²) in [6, 6.07) is 3.94. The third-order valence-corrected chi connectivity index (χ3v) is 6.49. The van der Waals surface area contributed by atoms with Gasteiger partial charge in [0.25, 0.3) is 0 Å². The lowest BCUT2D eigenvalue weighted by Gasteiger charge is -2.58. The average molecular weight is 304 g/mol. The fraction of sp³-hybridized carbons (Fsp3) is 0.667. The Labute approximate surface area is 135 Å². The quantitative estimate of drug-likeness (QED) is 0.858. The zero-order chi connectivity index (χ0) is 17.6. The molecule has 1 N–H and O–H groups in total. The minimum atomic E-state index is -2.08. The minimum Gasteiger partial charge on any atom is -0.493 e. The van der Waals surface area contributed by atoms with Crippen LogP contribution in [0.2, 0.25) is 0 Å². The van der Waals surface area contributed by atoms with Crippen LogP contribution in [0.5, 0.6) is 11.5 Å². The molecule has 4 heteroatoms. The van der Waals surface area contributed by atoms with E-state index in [-0.39, 0.29) is 23.5 Å². The highest BCUT2D eigenvalue weighted by Gasteiger charge is 2.65. The third-order valence-electron chi connectivity index (χ3n) is 6.49. The number of aliphatic hydroxyl groups excluding tert-OH is 1. The highest BCUT2D eigenvalue weighted by atomic mass is 16.5. The Morgan fingerprint density at radius 1 is 1.45 bits per heavy atom. The van der Waals surface area contributed by atoms with Crippen LogP contribution in [0.25, 0.3) is 0 Å². The lowest BCUT2D eigenvalue weighted by atomic mass is 9.51. The van der Waals surface area contributed by atoms with Gasteiger partial charge in [-0.2, -0.15) is 0 Å². The van der Waals surface area contributed by atoms with Gasteiger partial charge in [0.2, 0.25) is 0 Å². The molecule has 2 aliphatic carbocycles. The zero-order valence-electron chi connectivity index (χ0n) is 15.7. The van der Waals surface area contributed by atoms with Crippen molar-refractivity contribution >= 4 is 0 Å². The van der Waals surface area contributed by atoms with E-state index in [1.807, 2.05) is 6.07 Å². The van der Waals surface area contributed by atoms with Crippen LogP contribution in [-0.4, -0.2) is 48.9 Å². The van der Waals surface area contributed by atoms with Crippen molar-refractivity contribution in [1.82, 2.24) is 4.90 Å².